The largest absolute Gasteiger partial charge is 0.393 e. The normalized spacial score (nSPS) is 28.4. The van der Waals surface area contributed by atoms with Crippen molar-refractivity contribution in [3.05, 3.63) is 45.7 Å². The Morgan fingerprint density at radius 2 is 1.95 bits per heavy atom. The minimum Gasteiger partial charge on any atom is -0.393 e. The van der Waals surface area contributed by atoms with Crippen LogP contribution in [-0.4, -0.2) is 33.2 Å². The molecule has 4 nitrogen and oxygen atoms in total. The molecule has 3 atom stereocenters. The first kappa shape index (κ1) is 14.0. The number of hydrogen-bond acceptors (Lipinski definition) is 3. The number of aromatic amines is 1. The number of fused-ring (bicyclic) bond motifs is 3. The summed E-state index contributed by atoms with van der Waals surface area (Å²) in [6.07, 6.45) is 3.83. The second kappa shape index (κ2) is 5.21. The number of pyridine rings is 1. The lowest BCUT2D eigenvalue weighted by Crippen LogP contribution is -2.44. The van der Waals surface area contributed by atoms with E-state index >= 15 is 0 Å². The van der Waals surface area contributed by atoms with Gasteiger partial charge in [-0.1, -0.05) is 12.1 Å². The Kier molecular flexibility index (Phi) is 3.31. The molecule has 3 heterocycles. The SMILES string of the molecule is Cc1ccc2cc(CN3[C@@H]4CC[C@H]3CC(O)C4)c(=O)[nH]c2c1. The molecule has 0 amide bonds. The van der Waals surface area contributed by atoms with Crippen molar-refractivity contribution in [1.29, 1.82) is 0 Å². The van der Waals surface area contributed by atoms with Crippen LogP contribution in [0.2, 0.25) is 0 Å². The Morgan fingerprint density at radius 3 is 2.68 bits per heavy atom. The molecule has 2 saturated heterocycles. The summed E-state index contributed by atoms with van der Waals surface area (Å²) >= 11 is 0. The van der Waals surface area contributed by atoms with Crippen molar-refractivity contribution in [3.63, 3.8) is 0 Å². The summed E-state index contributed by atoms with van der Waals surface area (Å²) in [4.78, 5) is 17.8. The predicted molar refractivity (Wildman–Crippen MR) is 86.9 cm³/mol. The number of hydrogen-bond donors (Lipinski definition) is 2. The van der Waals surface area contributed by atoms with Crippen molar-refractivity contribution < 1.29 is 5.11 Å². The molecule has 1 aromatic heterocycles. The van der Waals surface area contributed by atoms with Gasteiger partial charge in [-0.25, -0.2) is 0 Å². The third-order valence-corrected chi connectivity index (χ3v) is 5.29. The van der Waals surface area contributed by atoms with E-state index in [4.69, 9.17) is 0 Å². The molecule has 1 aromatic carbocycles. The molecule has 0 aliphatic carbocycles. The average molecular weight is 298 g/mol. The van der Waals surface area contributed by atoms with Crippen molar-refractivity contribution in [2.75, 3.05) is 0 Å². The maximum absolute atomic E-state index is 12.4. The first-order valence-electron chi connectivity index (χ1n) is 8.16. The van der Waals surface area contributed by atoms with E-state index in [9.17, 15) is 9.90 Å². The maximum Gasteiger partial charge on any atom is 0.252 e. The molecule has 2 N–H and O–H groups in total. The van der Waals surface area contributed by atoms with Gasteiger partial charge in [-0.2, -0.15) is 0 Å². The quantitative estimate of drug-likeness (QED) is 0.894. The Labute approximate surface area is 129 Å². The van der Waals surface area contributed by atoms with Gasteiger partial charge in [-0.05, 0) is 55.7 Å². The highest BCUT2D eigenvalue weighted by Crippen LogP contribution is 2.36. The zero-order valence-electron chi connectivity index (χ0n) is 12.9. The smallest absolute Gasteiger partial charge is 0.252 e. The molecule has 22 heavy (non-hydrogen) atoms. The van der Waals surface area contributed by atoms with Crippen LogP contribution in [0.1, 0.15) is 36.8 Å². The highest BCUT2D eigenvalue weighted by molar-refractivity contribution is 5.79. The Balaban J connectivity index is 1.66. The fourth-order valence-electron chi connectivity index (χ4n) is 4.18. The molecule has 2 aliphatic rings. The van der Waals surface area contributed by atoms with Crippen LogP contribution in [0, 0.1) is 6.92 Å². The molecule has 2 fully saturated rings. The third kappa shape index (κ3) is 2.36. The second-order valence-electron chi connectivity index (χ2n) is 6.90. The summed E-state index contributed by atoms with van der Waals surface area (Å²) in [6.45, 7) is 2.73. The number of benzene rings is 1. The Hall–Kier alpha value is -1.65. The van der Waals surface area contributed by atoms with Crippen LogP contribution in [0.25, 0.3) is 10.9 Å². The number of nitrogens with one attached hydrogen (secondary N) is 1. The number of rotatable bonds is 2. The van der Waals surface area contributed by atoms with E-state index in [0.29, 0.717) is 18.6 Å². The number of aryl methyl sites for hydroxylation is 1. The molecule has 0 saturated carbocycles. The summed E-state index contributed by atoms with van der Waals surface area (Å²) in [6, 6.07) is 9.05. The zero-order valence-corrected chi connectivity index (χ0v) is 12.9. The van der Waals surface area contributed by atoms with Gasteiger partial charge in [0.25, 0.3) is 5.56 Å². The van der Waals surface area contributed by atoms with E-state index in [1.54, 1.807) is 0 Å². The standard InChI is InChI=1S/C18H22N2O2/c1-11-2-3-12-7-13(18(22)19-17(12)6-11)10-20-14-4-5-15(20)9-16(21)8-14/h2-3,6-7,14-16,21H,4-5,8-10H2,1H3,(H,19,22)/t14-,15+,16?. The van der Waals surface area contributed by atoms with Crippen molar-refractivity contribution in [2.24, 2.45) is 0 Å². The van der Waals surface area contributed by atoms with Gasteiger partial charge in [0, 0.05) is 29.7 Å². The van der Waals surface area contributed by atoms with E-state index in [1.165, 1.54) is 0 Å². The minimum absolute atomic E-state index is 0.0172. The predicted octanol–water partition coefficient (Wildman–Crippen LogP) is 2.32. The first-order chi connectivity index (χ1) is 10.6. The molecule has 2 aliphatic heterocycles. The molecule has 116 valence electrons. The van der Waals surface area contributed by atoms with E-state index in [1.807, 2.05) is 19.1 Å². The molecule has 0 radical (unpaired) electrons. The number of aromatic nitrogens is 1. The first-order valence-corrected chi connectivity index (χ1v) is 8.16. The van der Waals surface area contributed by atoms with Gasteiger partial charge in [0.1, 0.15) is 0 Å². The van der Waals surface area contributed by atoms with Crippen molar-refractivity contribution in [3.8, 4) is 0 Å². The number of aliphatic hydroxyl groups excluding tert-OH is 1. The monoisotopic (exact) mass is 298 g/mol. The van der Waals surface area contributed by atoms with Crippen LogP contribution in [0.5, 0.6) is 0 Å². The number of aliphatic hydroxyl groups is 1. The van der Waals surface area contributed by atoms with Gasteiger partial charge in [-0.15, -0.1) is 0 Å². The van der Waals surface area contributed by atoms with Crippen molar-refractivity contribution in [1.82, 2.24) is 9.88 Å². The van der Waals surface area contributed by atoms with Gasteiger partial charge >= 0.3 is 0 Å². The molecule has 0 spiro atoms. The average Bonchev–Trinajstić information content (AvgIpc) is 2.71. The van der Waals surface area contributed by atoms with Crippen molar-refractivity contribution >= 4 is 10.9 Å². The van der Waals surface area contributed by atoms with Crippen LogP contribution in [0.4, 0.5) is 0 Å². The molecule has 2 bridgehead atoms. The maximum atomic E-state index is 12.4. The summed E-state index contributed by atoms with van der Waals surface area (Å²) in [5.74, 6) is 0. The van der Waals surface area contributed by atoms with Gasteiger partial charge in [-0.3, -0.25) is 9.69 Å². The van der Waals surface area contributed by atoms with E-state index < -0.39 is 0 Å². The molecule has 1 unspecified atom stereocenters. The van der Waals surface area contributed by atoms with Crippen LogP contribution >= 0.6 is 0 Å². The molecule has 4 rings (SSSR count). The molecule has 4 heteroatoms. The third-order valence-electron chi connectivity index (χ3n) is 5.29. The summed E-state index contributed by atoms with van der Waals surface area (Å²) in [5, 5.41) is 11.0. The van der Waals surface area contributed by atoms with Crippen LogP contribution in [0.15, 0.2) is 29.1 Å². The summed E-state index contributed by atoms with van der Waals surface area (Å²) < 4.78 is 0. The molecular weight excluding hydrogens is 276 g/mol. The number of nitrogens with zero attached hydrogens (tertiary/aromatic N) is 1. The van der Waals surface area contributed by atoms with Crippen LogP contribution < -0.4 is 5.56 Å². The topological polar surface area (TPSA) is 56.3 Å². The highest BCUT2D eigenvalue weighted by Gasteiger charge is 2.40. The lowest BCUT2D eigenvalue weighted by molar-refractivity contribution is 0.0308. The number of piperidine rings is 1. The minimum atomic E-state index is -0.161. The van der Waals surface area contributed by atoms with Gasteiger partial charge in [0.2, 0.25) is 0 Å². The zero-order chi connectivity index (χ0) is 15.3. The fraction of sp³-hybridized carbons (Fsp3) is 0.500. The van der Waals surface area contributed by atoms with Gasteiger partial charge < -0.3 is 10.1 Å². The summed E-state index contributed by atoms with van der Waals surface area (Å²) in [5.41, 5.74) is 2.91. The van der Waals surface area contributed by atoms with E-state index in [2.05, 4.69) is 22.0 Å². The Bertz CT molecular complexity index is 753. The van der Waals surface area contributed by atoms with E-state index in [0.717, 1.165) is 47.7 Å². The van der Waals surface area contributed by atoms with E-state index in [-0.39, 0.29) is 11.7 Å². The van der Waals surface area contributed by atoms with Gasteiger partial charge in [0.15, 0.2) is 0 Å². The lowest BCUT2D eigenvalue weighted by Gasteiger charge is -2.37. The summed E-state index contributed by atoms with van der Waals surface area (Å²) in [7, 11) is 0. The van der Waals surface area contributed by atoms with Crippen LogP contribution in [-0.2, 0) is 6.54 Å². The highest BCUT2D eigenvalue weighted by atomic mass is 16.3. The fourth-order valence-corrected chi connectivity index (χ4v) is 4.18. The second-order valence-corrected chi connectivity index (χ2v) is 6.90. The van der Waals surface area contributed by atoms with Crippen LogP contribution in [0.3, 0.4) is 0 Å². The lowest BCUT2D eigenvalue weighted by atomic mass is 9.99. The molecule has 2 aromatic rings. The molecular formula is C18H22N2O2. The van der Waals surface area contributed by atoms with Gasteiger partial charge in [0.05, 0.1) is 6.10 Å². The number of H-pyrrole nitrogens is 1. The van der Waals surface area contributed by atoms with Crippen molar-refractivity contribution in [2.45, 2.75) is 57.3 Å². The Morgan fingerprint density at radius 1 is 1.23 bits per heavy atom.